The lowest BCUT2D eigenvalue weighted by atomic mass is 10.1. The summed E-state index contributed by atoms with van der Waals surface area (Å²) in [7, 11) is 3.52. The van der Waals surface area contributed by atoms with E-state index in [0.717, 1.165) is 22.7 Å². The Morgan fingerprint density at radius 1 is 0.966 bits per heavy atom. The number of amides is 2. The molecule has 6 heteroatoms. The van der Waals surface area contributed by atoms with Gasteiger partial charge in [0.1, 0.15) is 5.75 Å². The molecule has 0 saturated carbocycles. The van der Waals surface area contributed by atoms with E-state index in [-0.39, 0.29) is 18.4 Å². The first-order valence-corrected chi connectivity index (χ1v) is 9.89. The fourth-order valence-electron chi connectivity index (χ4n) is 2.55. The van der Waals surface area contributed by atoms with Crippen molar-refractivity contribution in [1.29, 1.82) is 0 Å². The van der Waals surface area contributed by atoms with Gasteiger partial charge in [0.05, 0.1) is 13.2 Å². The molecule has 2 N–H and O–H groups in total. The van der Waals surface area contributed by atoms with E-state index >= 15 is 0 Å². The van der Waals surface area contributed by atoms with Crippen molar-refractivity contribution in [1.82, 2.24) is 4.90 Å². The second kappa shape index (κ2) is 11.1. The van der Waals surface area contributed by atoms with Crippen LogP contribution in [0, 0.1) is 5.92 Å². The van der Waals surface area contributed by atoms with Crippen LogP contribution >= 0.6 is 0 Å². The van der Waals surface area contributed by atoms with E-state index in [1.54, 1.807) is 19.0 Å². The molecule has 2 aromatic rings. The third-order valence-corrected chi connectivity index (χ3v) is 4.25. The van der Waals surface area contributed by atoms with Crippen LogP contribution < -0.4 is 15.4 Å². The average molecular weight is 398 g/mol. The average Bonchev–Trinajstić information content (AvgIpc) is 2.70. The Hall–Kier alpha value is -3.02. The van der Waals surface area contributed by atoms with E-state index in [4.69, 9.17) is 4.74 Å². The molecule has 156 valence electrons. The van der Waals surface area contributed by atoms with Crippen LogP contribution in [0.15, 0.2) is 48.5 Å². The third-order valence-electron chi connectivity index (χ3n) is 4.25. The minimum Gasteiger partial charge on any atom is -0.493 e. The van der Waals surface area contributed by atoms with Gasteiger partial charge >= 0.3 is 0 Å². The van der Waals surface area contributed by atoms with E-state index < -0.39 is 0 Å². The third kappa shape index (κ3) is 8.25. The Morgan fingerprint density at radius 2 is 1.59 bits per heavy atom. The van der Waals surface area contributed by atoms with Crippen molar-refractivity contribution in [2.24, 2.45) is 5.92 Å². The second-order valence-electron chi connectivity index (χ2n) is 7.62. The number of hydrogen-bond donors (Lipinski definition) is 2. The minimum atomic E-state index is -0.124. The summed E-state index contributed by atoms with van der Waals surface area (Å²) in [5, 5.41) is 5.97. The van der Waals surface area contributed by atoms with Crippen LogP contribution in [-0.2, 0) is 16.0 Å². The fourth-order valence-corrected chi connectivity index (χ4v) is 2.55. The molecular formula is C23H31N3O3. The van der Waals surface area contributed by atoms with Gasteiger partial charge < -0.3 is 20.3 Å². The van der Waals surface area contributed by atoms with Crippen LogP contribution in [0.5, 0.6) is 5.75 Å². The van der Waals surface area contributed by atoms with Crippen molar-refractivity contribution in [2.45, 2.75) is 26.7 Å². The Morgan fingerprint density at radius 3 is 2.17 bits per heavy atom. The quantitative estimate of drug-likeness (QED) is 0.640. The molecule has 0 aliphatic heterocycles. The van der Waals surface area contributed by atoms with Gasteiger partial charge in [-0.3, -0.25) is 9.59 Å². The summed E-state index contributed by atoms with van der Waals surface area (Å²) < 4.78 is 5.64. The molecule has 0 saturated heterocycles. The maximum atomic E-state index is 12.1. The SMILES string of the molecule is CC(C)COc1ccc(NC(=O)CNc2ccc(CCC(=O)N(C)C)cc2)cc1. The van der Waals surface area contributed by atoms with Gasteiger partial charge in [0.15, 0.2) is 0 Å². The van der Waals surface area contributed by atoms with E-state index in [9.17, 15) is 9.59 Å². The molecule has 6 nitrogen and oxygen atoms in total. The fraction of sp³-hybridized carbons (Fsp3) is 0.391. The summed E-state index contributed by atoms with van der Waals surface area (Å²) in [6.45, 7) is 5.03. The predicted octanol–water partition coefficient (Wildman–Crippen LogP) is 3.79. The monoisotopic (exact) mass is 397 g/mol. The molecule has 0 atom stereocenters. The standard InChI is InChI=1S/C23H31N3O3/c1-17(2)16-29-21-12-10-20(11-13-21)25-22(27)15-24-19-8-5-18(6-9-19)7-14-23(28)26(3)4/h5-6,8-13,17,24H,7,14-16H2,1-4H3,(H,25,27). The van der Waals surface area contributed by atoms with Crippen molar-refractivity contribution in [3.8, 4) is 5.75 Å². The zero-order valence-corrected chi connectivity index (χ0v) is 17.7. The molecule has 2 aromatic carbocycles. The van der Waals surface area contributed by atoms with Crippen LogP contribution in [0.3, 0.4) is 0 Å². The number of aryl methyl sites for hydroxylation is 1. The molecule has 0 spiro atoms. The highest BCUT2D eigenvalue weighted by atomic mass is 16.5. The lowest BCUT2D eigenvalue weighted by molar-refractivity contribution is -0.128. The zero-order chi connectivity index (χ0) is 21.2. The number of carbonyl (C=O) groups is 2. The smallest absolute Gasteiger partial charge is 0.243 e. The molecule has 0 fully saturated rings. The van der Waals surface area contributed by atoms with Gasteiger partial charge in [0.25, 0.3) is 0 Å². The van der Waals surface area contributed by atoms with Crippen LogP contribution in [0.1, 0.15) is 25.8 Å². The van der Waals surface area contributed by atoms with Gasteiger partial charge in [0.2, 0.25) is 11.8 Å². The predicted molar refractivity (Wildman–Crippen MR) is 117 cm³/mol. The Labute approximate surface area is 173 Å². The number of nitrogens with one attached hydrogen (secondary N) is 2. The maximum Gasteiger partial charge on any atom is 0.243 e. The highest BCUT2D eigenvalue weighted by Crippen LogP contribution is 2.16. The number of hydrogen-bond acceptors (Lipinski definition) is 4. The lowest BCUT2D eigenvalue weighted by Gasteiger charge is -2.11. The van der Waals surface area contributed by atoms with Crippen LogP contribution in [0.2, 0.25) is 0 Å². The van der Waals surface area contributed by atoms with Crippen molar-refractivity contribution in [3.63, 3.8) is 0 Å². The van der Waals surface area contributed by atoms with E-state index in [1.165, 1.54) is 0 Å². The molecule has 0 heterocycles. The summed E-state index contributed by atoms with van der Waals surface area (Å²) in [6, 6.07) is 15.1. The topological polar surface area (TPSA) is 70.7 Å². The summed E-state index contributed by atoms with van der Waals surface area (Å²) in [4.78, 5) is 25.4. The number of rotatable bonds is 10. The Bertz CT molecular complexity index is 784. The normalized spacial score (nSPS) is 10.5. The largest absolute Gasteiger partial charge is 0.493 e. The Kier molecular flexibility index (Phi) is 8.52. The maximum absolute atomic E-state index is 12.1. The van der Waals surface area contributed by atoms with Crippen molar-refractivity contribution >= 4 is 23.2 Å². The van der Waals surface area contributed by atoms with Gasteiger partial charge in [-0.15, -0.1) is 0 Å². The van der Waals surface area contributed by atoms with Gasteiger partial charge in [0, 0.05) is 31.9 Å². The van der Waals surface area contributed by atoms with Gasteiger partial charge in [-0.1, -0.05) is 26.0 Å². The number of carbonyl (C=O) groups excluding carboxylic acids is 2. The molecule has 0 radical (unpaired) electrons. The number of anilines is 2. The molecule has 29 heavy (non-hydrogen) atoms. The molecular weight excluding hydrogens is 366 g/mol. The minimum absolute atomic E-state index is 0.114. The highest BCUT2D eigenvalue weighted by Gasteiger charge is 2.06. The first kappa shape index (κ1) is 22.3. The van der Waals surface area contributed by atoms with Gasteiger partial charge in [-0.2, -0.15) is 0 Å². The van der Waals surface area contributed by atoms with Gasteiger partial charge in [-0.25, -0.2) is 0 Å². The first-order valence-electron chi connectivity index (χ1n) is 9.89. The zero-order valence-electron chi connectivity index (χ0n) is 17.7. The highest BCUT2D eigenvalue weighted by molar-refractivity contribution is 5.93. The molecule has 0 aromatic heterocycles. The van der Waals surface area contributed by atoms with Crippen LogP contribution in [0.25, 0.3) is 0 Å². The second-order valence-corrected chi connectivity index (χ2v) is 7.62. The van der Waals surface area contributed by atoms with Crippen molar-refractivity contribution in [3.05, 3.63) is 54.1 Å². The molecule has 0 unspecified atom stereocenters. The number of ether oxygens (including phenoxy) is 1. The summed E-state index contributed by atoms with van der Waals surface area (Å²) in [6.07, 6.45) is 1.19. The van der Waals surface area contributed by atoms with E-state index in [2.05, 4.69) is 24.5 Å². The van der Waals surface area contributed by atoms with E-state index in [1.807, 2.05) is 48.5 Å². The first-order chi connectivity index (χ1) is 13.8. The molecule has 0 bridgehead atoms. The van der Waals surface area contributed by atoms with Gasteiger partial charge in [-0.05, 0) is 54.3 Å². The van der Waals surface area contributed by atoms with Crippen LogP contribution in [0.4, 0.5) is 11.4 Å². The van der Waals surface area contributed by atoms with Crippen LogP contribution in [-0.4, -0.2) is 44.0 Å². The molecule has 0 aliphatic rings. The summed E-state index contributed by atoms with van der Waals surface area (Å²) >= 11 is 0. The number of benzene rings is 2. The molecule has 2 amide bonds. The van der Waals surface area contributed by atoms with Crippen molar-refractivity contribution in [2.75, 3.05) is 37.9 Å². The summed E-state index contributed by atoms with van der Waals surface area (Å²) in [5.41, 5.74) is 2.69. The molecule has 2 rings (SSSR count). The van der Waals surface area contributed by atoms with E-state index in [0.29, 0.717) is 25.4 Å². The number of nitrogens with zero attached hydrogens (tertiary/aromatic N) is 1. The molecule has 0 aliphatic carbocycles. The van der Waals surface area contributed by atoms with Crippen molar-refractivity contribution < 1.29 is 14.3 Å². The summed E-state index contributed by atoms with van der Waals surface area (Å²) in [5.74, 6) is 1.25. The Balaban J connectivity index is 1.75. The lowest BCUT2D eigenvalue weighted by Crippen LogP contribution is -2.22.